The standard InChI is InChI=1S/C15H25N3/c1-4-8-16-13(3)14-7-9-17-15(11-14)18-10-5-6-12(18)2/h7,9,11-13,16H,4-6,8,10H2,1-3H3. The molecule has 3 nitrogen and oxygen atoms in total. The Morgan fingerprint density at radius 2 is 2.39 bits per heavy atom. The van der Waals surface area contributed by atoms with E-state index in [9.17, 15) is 0 Å². The average Bonchev–Trinajstić information content (AvgIpc) is 2.82. The van der Waals surface area contributed by atoms with E-state index in [0.717, 1.165) is 18.9 Å². The molecule has 2 heterocycles. The Morgan fingerprint density at radius 3 is 3.06 bits per heavy atom. The maximum Gasteiger partial charge on any atom is 0.129 e. The molecule has 1 aromatic heterocycles. The van der Waals surface area contributed by atoms with Crippen LogP contribution in [0.5, 0.6) is 0 Å². The van der Waals surface area contributed by atoms with Gasteiger partial charge < -0.3 is 10.2 Å². The minimum Gasteiger partial charge on any atom is -0.354 e. The number of pyridine rings is 1. The monoisotopic (exact) mass is 247 g/mol. The van der Waals surface area contributed by atoms with E-state index in [0.29, 0.717) is 12.1 Å². The van der Waals surface area contributed by atoms with E-state index < -0.39 is 0 Å². The van der Waals surface area contributed by atoms with Crippen LogP contribution in [0.1, 0.15) is 51.6 Å². The van der Waals surface area contributed by atoms with Crippen molar-refractivity contribution in [3.05, 3.63) is 23.9 Å². The van der Waals surface area contributed by atoms with Crippen molar-refractivity contribution in [2.24, 2.45) is 0 Å². The highest BCUT2D eigenvalue weighted by molar-refractivity contribution is 5.43. The van der Waals surface area contributed by atoms with Crippen molar-refractivity contribution >= 4 is 5.82 Å². The molecule has 1 aliphatic rings. The second-order valence-corrected chi connectivity index (χ2v) is 5.31. The Bertz CT molecular complexity index is 378. The maximum absolute atomic E-state index is 4.53. The van der Waals surface area contributed by atoms with Crippen molar-refractivity contribution in [1.82, 2.24) is 10.3 Å². The predicted molar refractivity (Wildman–Crippen MR) is 77.0 cm³/mol. The summed E-state index contributed by atoms with van der Waals surface area (Å²) in [6.07, 6.45) is 5.69. The highest BCUT2D eigenvalue weighted by Gasteiger charge is 2.21. The van der Waals surface area contributed by atoms with Crippen LogP contribution in [0.3, 0.4) is 0 Å². The predicted octanol–water partition coefficient (Wildman–Crippen LogP) is 3.13. The van der Waals surface area contributed by atoms with Gasteiger partial charge in [0.1, 0.15) is 5.82 Å². The first kappa shape index (κ1) is 13.3. The highest BCUT2D eigenvalue weighted by atomic mass is 15.2. The Balaban J connectivity index is 2.09. The molecule has 2 unspecified atom stereocenters. The molecule has 3 heteroatoms. The van der Waals surface area contributed by atoms with E-state index in [1.165, 1.54) is 24.8 Å². The summed E-state index contributed by atoms with van der Waals surface area (Å²) < 4.78 is 0. The van der Waals surface area contributed by atoms with Crippen LogP contribution in [-0.2, 0) is 0 Å². The maximum atomic E-state index is 4.53. The van der Waals surface area contributed by atoms with Crippen molar-refractivity contribution < 1.29 is 0 Å². The third-order valence-electron chi connectivity index (χ3n) is 3.82. The van der Waals surface area contributed by atoms with E-state index in [4.69, 9.17) is 0 Å². The topological polar surface area (TPSA) is 28.2 Å². The van der Waals surface area contributed by atoms with Crippen molar-refractivity contribution in [2.45, 2.75) is 52.1 Å². The molecule has 18 heavy (non-hydrogen) atoms. The lowest BCUT2D eigenvalue weighted by atomic mass is 10.1. The fourth-order valence-electron chi connectivity index (χ4n) is 2.61. The van der Waals surface area contributed by atoms with Gasteiger partial charge in [0.25, 0.3) is 0 Å². The Labute approximate surface area is 111 Å². The summed E-state index contributed by atoms with van der Waals surface area (Å²) in [5.41, 5.74) is 1.34. The lowest BCUT2D eigenvalue weighted by Crippen LogP contribution is -2.27. The van der Waals surface area contributed by atoms with Crippen LogP contribution in [-0.4, -0.2) is 24.1 Å². The molecule has 0 aromatic carbocycles. The first-order valence-corrected chi connectivity index (χ1v) is 7.18. The fraction of sp³-hybridized carbons (Fsp3) is 0.667. The Hall–Kier alpha value is -1.09. The normalized spacial score (nSPS) is 21.3. The summed E-state index contributed by atoms with van der Waals surface area (Å²) in [5, 5.41) is 3.53. The van der Waals surface area contributed by atoms with Crippen LogP contribution in [0.4, 0.5) is 5.82 Å². The molecule has 1 fully saturated rings. The average molecular weight is 247 g/mol. The van der Waals surface area contributed by atoms with Gasteiger partial charge in [-0.1, -0.05) is 6.92 Å². The summed E-state index contributed by atoms with van der Waals surface area (Å²) in [6.45, 7) is 8.93. The molecule has 0 saturated carbocycles. The molecule has 2 rings (SSSR count). The van der Waals surface area contributed by atoms with Gasteiger partial charge in [0, 0.05) is 24.8 Å². The molecule has 1 saturated heterocycles. The number of aromatic nitrogens is 1. The van der Waals surface area contributed by atoms with Crippen LogP contribution in [0.25, 0.3) is 0 Å². The van der Waals surface area contributed by atoms with Gasteiger partial charge in [-0.15, -0.1) is 0 Å². The second-order valence-electron chi connectivity index (χ2n) is 5.31. The molecule has 100 valence electrons. The molecular weight excluding hydrogens is 222 g/mol. The van der Waals surface area contributed by atoms with Gasteiger partial charge in [-0.3, -0.25) is 0 Å². The molecule has 1 N–H and O–H groups in total. The van der Waals surface area contributed by atoms with Crippen LogP contribution >= 0.6 is 0 Å². The molecule has 0 amide bonds. The summed E-state index contributed by atoms with van der Waals surface area (Å²) >= 11 is 0. The number of rotatable bonds is 5. The van der Waals surface area contributed by atoms with E-state index in [1.807, 2.05) is 6.20 Å². The van der Waals surface area contributed by atoms with Gasteiger partial charge in [-0.2, -0.15) is 0 Å². The zero-order valence-electron chi connectivity index (χ0n) is 11.8. The van der Waals surface area contributed by atoms with Crippen molar-refractivity contribution in [2.75, 3.05) is 18.0 Å². The number of anilines is 1. The van der Waals surface area contributed by atoms with Gasteiger partial charge >= 0.3 is 0 Å². The number of hydrogen-bond donors (Lipinski definition) is 1. The quantitative estimate of drug-likeness (QED) is 0.866. The molecular formula is C15H25N3. The molecule has 1 aromatic rings. The number of nitrogens with zero attached hydrogens (tertiary/aromatic N) is 2. The minimum absolute atomic E-state index is 0.407. The minimum atomic E-state index is 0.407. The van der Waals surface area contributed by atoms with Gasteiger partial charge in [0.15, 0.2) is 0 Å². The van der Waals surface area contributed by atoms with Gasteiger partial charge in [-0.05, 0) is 57.4 Å². The Kier molecular flexibility index (Phi) is 4.59. The molecule has 0 radical (unpaired) electrons. The van der Waals surface area contributed by atoms with E-state index in [-0.39, 0.29) is 0 Å². The SMILES string of the molecule is CCCNC(C)c1ccnc(N2CCCC2C)c1. The highest BCUT2D eigenvalue weighted by Crippen LogP contribution is 2.25. The third kappa shape index (κ3) is 3.02. The van der Waals surface area contributed by atoms with E-state index >= 15 is 0 Å². The zero-order valence-corrected chi connectivity index (χ0v) is 11.8. The summed E-state index contributed by atoms with van der Waals surface area (Å²) in [7, 11) is 0. The largest absolute Gasteiger partial charge is 0.354 e. The summed E-state index contributed by atoms with van der Waals surface area (Å²) in [6, 6.07) is 5.41. The van der Waals surface area contributed by atoms with Crippen LogP contribution in [0.15, 0.2) is 18.3 Å². The van der Waals surface area contributed by atoms with Gasteiger partial charge in [-0.25, -0.2) is 4.98 Å². The first-order valence-electron chi connectivity index (χ1n) is 7.18. The molecule has 1 aliphatic heterocycles. The third-order valence-corrected chi connectivity index (χ3v) is 3.82. The number of nitrogens with one attached hydrogen (secondary N) is 1. The smallest absolute Gasteiger partial charge is 0.129 e. The Morgan fingerprint density at radius 1 is 1.56 bits per heavy atom. The summed E-state index contributed by atoms with van der Waals surface area (Å²) in [5.74, 6) is 1.14. The molecule has 2 atom stereocenters. The summed E-state index contributed by atoms with van der Waals surface area (Å²) in [4.78, 5) is 6.96. The molecule has 0 bridgehead atoms. The van der Waals surface area contributed by atoms with Crippen molar-refractivity contribution in [1.29, 1.82) is 0 Å². The first-order chi connectivity index (χ1) is 8.72. The lowest BCUT2D eigenvalue weighted by Gasteiger charge is -2.24. The van der Waals surface area contributed by atoms with Crippen LogP contribution in [0, 0.1) is 0 Å². The van der Waals surface area contributed by atoms with Crippen molar-refractivity contribution in [3.8, 4) is 0 Å². The van der Waals surface area contributed by atoms with E-state index in [1.54, 1.807) is 0 Å². The van der Waals surface area contributed by atoms with Crippen molar-refractivity contribution in [3.63, 3.8) is 0 Å². The number of hydrogen-bond acceptors (Lipinski definition) is 3. The lowest BCUT2D eigenvalue weighted by molar-refractivity contribution is 0.570. The van der Waals surface area contributed by atoms with E-state index in [2.05, 4.69) is 48.1 Å². The second kappa shape index (κ2) is 6.19. The van der Waals surface area contributed by atoms with Crippen LogP contribution < -0.4 is 10.2 Å². The molecule has 0 aliphatic carbocycles. The van der Waals surface area contributed by atoms with Gasteiger partial charge in [0.2, 0.25) is 0 Å². The zero-order chi connectivity index (χ0) is 13.0. The fourth-order valence-corrected chi connectivity index (χ4v) is 2.61. The molecule has 0 spiro atoms. The van der Waals surface area contributed by atoms with Gasteiger partial charge in [0.05, 0.1) is 0 Å². The van der Waals surface area contributed by atoms with Crippen LogP contribution in [0.2, 0.25) is 0 Å².